The Morgan fingerprint density at radius 2 is 2.22 bits per heavy atom. The highest BCUT2D eigenvalue weighted by Crippen LogP contribution is 2.39. The molecule has 0 aromatic heterocycles. The quantitative estimate of drug-likeness (QED) is 0.901. The number of benzene rings is 1. The van der Waals surface area contributed by atoms with Crippen molar-refractivity contribution in [3.05, 3.63) is 22.2 Å². The molecule has 98 valence electrons. The molecular formula is C13H17BrN2O2. The maximum Gasteiger partial charge on any atom is 0.265 e. The number of nitrogens with one attached hydrogen (secondary N) is 1. The van der Waals surface area contributed by atoms with Gasteiger partial charge in [0.1, 0.15) is 0 Å². The Hall–Kier alpha value is -1.07. The topological polar surface area (TPSA) is 64.4 Å². The summed E-state index contributed by atoms with van der Waals surface area (Å²) in [5.41, 5.74) is 7.35. The van der Waals surface area contributed by atoms with Gasteiger partial charge in [-0.25, -0.2) is 0 Å². The van der Waals surface area contributed by atoms with E-state index >= 15 is 0 Å². The van der Waals surface area contributed by atoms with Gasteiger partial charge in [-0.15, -0.1) is 0 Å². The highest BCUT2D eigenvalue weighted by Gasteiger charge is 2.28. The summed E-state index contributed by atoms with van der Waals surface area (Å²) in [6, 6.07) is 3.99. The minimum atomic E-state index is -0.497. The van der Waals surface area contributed by atoms with E-state index in [1.165, 1.54) is 0 Å². The Labute approximate surface area is 115 Å². The molecule has 1 aromatic carbocycles. The first-order valence-corrected chi connectivity index (χ1v) is 6.83. The number of rotatable bonds is 3. The van der Waals surface area contributed by atoms with Crippen molar-refractivity contribution in [2.75, 3.05) is 11.9 Å². The monoisotopic (exact) mass is 312 g/mol. The molecule has 0 bridgehead atoms. The van der Waals surface area contributed by atoms with Crippen molar-refractivity contribution in [2.24, 2.45) is 5.73 Å². The van der Waals surface area contributed by atoms with E-state index in [1.54, 1.807) is 0 Å². The number of hydrogen-bond donors (Lipinski definition) is 2. The highest BCUT2D eigenvalue weighted by atomic mass is 79.9. The van der Waals surface area contributed by atoms with Crippen LogP contribution < -0.4 is 15.8 Å². The average Bonchev–Trinajstić information content (AvgIpc) is 2.30. The summed E-state index contributed by atoms with van der Waals surface area (Å²) in [6.45, 7) is 4.64. The molecule has 4 nitrogen and oxygen atoms in total. The number of halogens is 1. The molecule has 5 heteroatoms. The first-order chi connectivity index (χ1) is 8.52. The Morgan fingerprint density at radius 3 is 2.83 bits per heavy atom. The maximum atomic E-state index is 11.8. The Morgan fingerprint density at radius 1 is 1.50 bits per heavy atom. The third-order valence-electron chi connectivity index (χ3n) is 2.97. The van der Waals surface area contributed by atoms with E-state index in [1.807, 2.05) is 12.1 Å². The molecule has 3 N–H and O–H groups in total. The lowest BCUT2D eigenvalue weighted by Crippen LogP contribution is -2.38. The fourth-order valence-electron chi connectivity index (χ4n) is 1.91. The molecule has 0 spiro atoms. The first kappa shape index (κ1) is 13.4. The van der Waals surface area contributed by atoms with Gasteiger partial charge in [0.25, 0.3) is 5.91 Å². The minimum Gasteiger partial charge on any atom is -0.477 e. The van der Waals surface area contributed by atoms with Crippen molar-refractivity contribution in [3.8, 4) is 5.75 Å². The molecule has 1 aliphatic rings. The largest absolute Gasteiger partial charge is 0.477 e. The zero-order valence-corrected chi connectivity index (χ0v) is 12.1. The van der Waals surface area contributed by atoms with Crippen molar-refractivity contribution < 1.29 is 9.53 Å². The molecule has 0 radical (unpaired) electrons. The molecule has 0 fully saturated rings. The molecule has 0 saturated carbocycles. The third-order valence-corrected chi connectivity index (χ3v) is 3.56. The summed E-state index contributed by atoms with van der Waals surface area (Å²) >= 11 is 3.49. The van der Waals surface area contributed by atoms with E-state index in [2.05, 4.69) is 35.1 Å². The van der Waals surface area contributed by atoms with Crippen molar-refractivity contribution in [3.63, 3.8) is 0 Å². The van der Waals surface area contributed by atoms with Crippen LogP contribution >= 0.6 is 15.9 Å². The average molecular weight is 313 g/mol. The Kier molecular flexibility index (Phi) is 3.92. The van der Waals surface area contributed by atoms with Crippen LogP contribution in [0.4, 0.5) is 5.69 Å². The van der Waals surface area contributed by atoms with Gasteiger partial charge in [0.15, 0.2) is 11.9 Å². The number of hydrogen-bond acceptors (Lipinski definition) is 3. The van der Waals surface area contributed by atoms with E-state index in [9.17, 15) is 4.79 Å². The SMILES string of the molecule is CC(C)c1cc(Br)c2c(c1)NC(=O)C(CCN)O2. The van der Waals surface area contributed by atoms with Gasteiger partial charge in [0.2, 0.25) is 0 Å². The molecule has 1 aliphatic heterocycles. The molecule has 18 heavy (non-hydrogen) atoms. The second kappa shape index (κ2) is 5.28. The van der Waals surface area contributed by atoms with E-state index in [-0.39, 0.29) is 5.91 Å². The smallest absolute Gasteiger partial charge is 0.265 e. The molecule has 0 saturated heterocycles. The van der Waals surface area contributed by atoms with Gasteiger partial charge in [-0.2, -0.15) is 0 Å². The summed E-state index contributed by atoms with van der Waals surface area (Å²) in [5, 5.41) is 2.88. The predicted octanol–water partition coefficient (Wildman–Crippen LogP) is 2.62. The molecule has 1 amide bonds. The van der Waals surface area contributed by atoms with Crippen LogP contribution in [0.25, 0.3) is 0 Å². The molecule has 2 rings (SSSR count). The summed E-state index contributed by atoms with van der Waals surface area (Å²) in [7, 11) is 0. The standard InChI is InChI=1S/C13H17BrN2O2/c1-7(2)8-5-9(14)12-10(6-8)16-13(17)11(18-12)3-4-15/h5-7,11H,3-4,15H2,1-2H3,(H,16,17). The van der Waals surface area contributed by atoms with E-state index in [0.717, 1.165) is 15.7 Å². The number of anilines is 1. The number of nitrogens with two attached hydrogens (primary N) is 1. The van der Waals surface area contributed by atoms with E-state index in [0.29, 0.717) is 24.6 Å². The zero-order chi connectivity index (χ0) is 13.3. The lowest BCUT2D eigenvalue weighted by Gasteiger charge is -2.27. The fourth-order valence-corrected chi connectivity index (χ4v) is 2.48. The molecule has 1 unspecified atom stereocenters. The Bertz CT molecular complexity index is 474. The van der Waals surface area contributed by atoms with Crippen molar-refractivity contribution in [1.29, 1.82) is 0 Å². The van der Waals surface area contributed by atoms with Gasteiger partial charge < -0.3 is 15.8 Å². The molecule has 0 aliphatic carbocycles. The fraction of sp³-hybridized carbons (Fsp3) is 0.462. The van der Waals surface area contributed by atoms with Gasteiger partial charge in [0.05, 0.1) is 10.2 Å². The number of carbonyl (C=O) groups is 1. The second-order valence-corrected chi connectivity index (χ2v) is 5.56. The lowest BCUT2D eigenvalue weighted by molar-refractivity contribution is -0.123. The molecule has 1 atom stereocenters. The number of carbonyl (C=O) groups excluding carboxylic acids is 1. The molecular weight excluding hydrogens is 296 g/mol. The predicted molar refractivity (Wildman–Crippen MR) is 74.9 cm³/mol. The van der Waals surface area contributed by atoms with Crippen LogP contribution in [-0.4, -0.2) is 18.6 Å². The summed E-state index contributed by atoms with van der Waals surface area (Å²) in [6.07, 6.45) is 0.0209. The van der Waals surface area contributed by atoms with Crippen LogP contribution in [0, 0.1) is 0 Å². The summed E-state index contributed by atoms with van der Waals surface area (Å²) in [4.78, 5) is 11.8. The van der Waals surface area contributed by atoms with Crippen molar-refractivity contribution in [1.82, 2.24) is 0 Å². The van der Waals surface area contributed by atoms with E-state index in [4.69, 9.17) is 10.5 Å². The number of amides is 1. The van der Waals surface area contributed by atoms with Crippen LogP contribution in [0.2, 0.25) is 0 Å². The first-order valence-electron chi connectivity index (χ1n) is 6.04. The maximum absolute atomic E-state index is 11.8. The van der Waals surface area contributed by atoms with Crippen LogP contribution in [0.1, 0.15) is 31.7 Å². The Balaban J connectivity index is 2.36. The highest BCUT2D eigenvalue weighted by molar-refractivity contribution is 9.10. The van der Waals surface area contributed by atoms with Crippen molar-refractivity contribution in [2.45, 2.75) is 32.3 Å². The van der Waals surface area contributed by atoms with Crippen LogP contribution in [-0.2, 0) is 4.79 Å². The van der Waals surface area contributed by atoms with Gasteiger partial charge in [0, 0.05) is 6.42 Å². The van der Waals surface area contributed by atoms with Crippen LogP contribution in [0.15, 0.2) is 16.6 Å². The van der Waals surface area contributed by atoms with Gasteiger partial charge >= 0.3 is 0 Å². The zero-order valence-electron chi connectivity index (χ0n) is 10.5. The van der Waals surface area contributed by atoms with Crippen molar-refractivity contribution >= 4 is 27.5 Å². The van der Waals surface area contributed by atoms with Crippen LogP contribution in [0.3, 0.4) is 0 Å². The normalized spacial score (nSPS) is 18.3. The van der Waals surface area contributed by atoms with Gasteiger partial charge in [-0.1, -0.05) is 13.8 Å². The van der Waals surface area contributed by atoms with Gasteiger partial charge in [-0.05, 0) is 46.1 Å². The number of ether oxygens (including phenoxy) is 1. The molecule has 1 heterocycles. The second-order valence-electron chi connectivity index (χ2n) is 4.71. The molecule has 1 aromatic rings. The summed E-state index contributed by atoms with van der Waals surface area (Å²) < 4.78 is 6.58. The van der Waals surface area contributed by atoms with Gasteiger partial charge in [-0.3, -0.25) is 4.79 Å². The van der Waals surface area contributed by atoms with Crippen LogP contribution in [0.5, 0.6) is 5.75 Å². The lowest BCUT2D eigenvalue weighted by atomic mass is 10.0. The third kappa shape index (κ3) is 2.52. The van der Waals surface area contributed by atoms with E-state index < -0.39 is 6.10 Å². The minimum absolute atomic E-state index is 0.124. The number of fused-ring (bicyclic) bond motifs is 1. The summed E-state index contributed by atoms with van der Waals surface area (Å²) in [5.74, 6) is 0.962.